The third-order valence-electron chi connectivity index (χ3n) is 2.82. The lowest BCUT2D eigenvalue weighted by molar-refractivity contribution is 0.865. The molecule has 0 bridgehead atoms. The standard InChI is InChI=1S/C13H11N5O/c14-6-10-16-12-11(13(19)17-10)9(7-15-18-12)8-4-2-1-3-5-8/h1-5,7H,6,14H2,(H,16,17,18,19). The van der Waals surface area contributed by atoms with Gasteiger partial charge in [-0.05, 0) is 5.56 Å². The summed E-state index contributed by atoms with van der Waals surface area (Å²) in [5, 5.41) is 6.73. The van der Waals surface area contributed by atoms with Crippen LogP contribution in [0.25, 0.3) is 22.5 Å². The average Bonchev–Trinajstić information content (AvgIpc) is 2.47. The number of hydrogen-bond donors (Lipinski definition) is 2. The molecule has 6 nitrogen and oxygen atoms in total. The smallest absolute Gasteiger partial charge is 0.283 e. The van der Waals surface area contributed by atoms with Crippen molar-refractivity contribution in [2.75, 3.05) is 0 Å². The molecule has 0 atom stereocenters. The molecule has 0 amide bonds. The van der Waals surface area contributed by atoms with E-state index in [1.54, 1.807) is 6.20 Å². The summed E-state index contributed by atoms with van der Waals surface area (Å²) >= 11 is 0. The molecular weight excluding hydrogens is 242 g/mol. The van der Waals surface area contributed by atoms with Gasteiger partial charge in [0.15, 0.2) is 5.82 Å². The lowest BCUT2D eigenvalue weighted by Crippen LogP contribution is -2.19. The van der Waals surface area contributed by atoms with E-state index in [0.717, 1.165) is 5.56 Å². The van der Waals surface area contributed by atoms with Crippen molar-refractivity contribution in [3.63, 3.8) is 0 Å². The molecule has 3 N–H and O–H groups in total. The van der Waals surface area contributed by atoms with Crippen molar-refractivity contribution in [1.29, 1.82) is 0 Å². The van der Waals surface area contributed by atoms with Crippen LogP contribution in [0.2, 0.25) is 0 Å². The van der Waals surface area contributed by atoms with E-state index in [2.05, 4.69) is 20.2 Å². The Morgan fingerprint density at radius 1 is 1.16 bits per heavy atom. The minimum atomic E-state index is -0.344. The molecule has 3 rings (SSSR count). The topological polar surface area (TPSA) is 97.5 Å². The molecule has 0 saturated carbocycles. The molecule has 1 aromatic carbocycles. The maximum atomic E-state index is 12.1. The normalized spacial score (nSPS) is 10.8. The second kappa shape index (κ2) is 4.58. The van der Waals surface area contributed by atoms with Crippen LogP contribution >= 0.6 is 0 Å². The van der Waals surface area contributed by atoms with E-state index < -0.39 is 0 Å². The Labute approximate surface area is 108 Å². The number of nitrogens with two attached hydrogens (primary N) is 1. The van der Waals surface area contributed by atoms with Gasteiger partial charge < -0.3 is 5.73 Å². The molecule has 0 fully saturated rings. The number of benzene rings is 1. The van der Waals surface area contributed by atoms with Gasteiger partial charge >= 0.3 is 0 Å². The molecule has 0 spiro atoms. The van der Waals surface area contributed by atoms with E-state index in [4.69, 9.17) is 5.73 Å². The van der Waals surface area contributed by atoms with Gasteiger partial charge in [-0.2, -0.15) is 10.1 Å². The van der Waals surface area contributed by atoms with Crippen molar-refractivity contribution in [1.82, 2.24) is 20.2 Å². The lowest BCUT2D eigenvalue weighted by atomic mass is 10.0. The first-order valence-electron chi connectivity index (χ1n) is 5.79. The van der Waals surface area contributed by atoms with Gasteiger partial charge in [-0.3, -0.25) is 9.89 Å². The molecule has 1 aromatic rings. The second-order valence-corrected chi connectivity index (χ2v) is 4.02. The molecule has 0 aromatic heterocycles. The molecule has 94 valence electrons. The summed E-state index contributed by atoms with van der Waals surface area (Å²) in [5.41, 5.74) is 7.15. The van der Waals surface area contributed by atoms with Crippen LogP contribution in [-0.4, -0.2) is 20.2 Å². The fourth-order valence-corrected chi connectivity index (χ4v) is 1.96. The molecule has 19 heavy (non-hydrogen) atoms. The van der Waals surface area contributed by atoms with Gasteiger partial charge in [0.25, 0.3) is 5.56 Å². The highest BCUT2D eigenvalue weighted by molar-refractivity contribution is 5.79. The monoisotopic (exact) mass is 253 g/mol. The van der Waals surface area contributed by atoms with Gasteiger partial charge in [-0.1, -0.05) is 30.3 Å². The number of hydrogen-bond acceptors (Lipinski definition) is 5. The maximum Gasteiger partial charge on any atom is 0.283 e. The molecule has 0 radical (unpaired) electrons. The molecule has 2 aliphatic heterocycles. The number of rotatable bonds is 2. The Kier molecular flexibility index (Phi) is 2.77. The first kappa shape index (κ1) is 11.5. The predicted molar refractivity (Wildman–Crippen MR) is 70.4 cm³/mol. The molecule has 0 aliphatic carbocycles. The number of aromatic nitrogens is 4. The second-order valence-electron chi connectivity index (χ2n) is 4.02. The molecular formula is C13H11N5O. The summed E-state index contributed by atoms with van der Waals surface area (Å²) in [5.74, 6) is 0.711. The minimum absolute atomic E-state index is 0.120. The zero-order valence-corrected chi connectivity index (χ0v) is 10.00. The largest absolute Gasteiger partial charge is 0.324 e. The SMILES string of the molecule is NCc1nc2[nH]ncc(-c3ccccc3)c-2c(=O)n1. The van der Waals surface area contributed by atoms with Gasteiger partial charge in [0.1, 0.15) is 5.82 Å². The Bertz CT molecular complexity index is 738. The van der Waals surface area contributed by atoms with Crippen LogP contribution < -0.4 is 11.3 Å². The van der Waals surface area contributed by atoms with Crippen LogP contribution in [0, 0.1) is 0 Å². The first-order valence-corrected chi connectivity index (χ1v) is 5.79. The fourth-order valence-electron chi connectivity index (χ4n) is 1.96. The van der Waals surface area contributed by atoms with Gasteiger partial charge in [0.05, 0.1) is 18.3 Å². The summed E-state index contributed by atoms with van der Waals surface area (Å²) in [6.45, 7) is 0.120. The van der Waals surface area contributed by atoms with E-state index in [0.29, 0.717) is 22.8 Å². The first-order chi connectivity index (χ1) is 9.29. The lowest BCUT2D eigenvalue weighted by Gasteiger charge is -2.09. The predicted octanol–water partition coefficient (Wildman–Crippen LogP) is 0.790. The van der Waals surface area contributed by atoms with Crippen LogP contribution in [-0.2, 0) is 6.54 Å². The molecule has 0 saturated heterocycles. The van der Waals surface area contributed by atoms with Crippen molar-refractivity contribution in [2.24, 2.45) is 5.73 Å². The van der Waals surface area contributed by atoms with Crippen LogP contribution in [0.3, 0.4) is 0 Å². The van der Waals surface area contributed by atoms with E-state index in [1.165, 1.54) is 0 Å². The summed E-state index contributed by atoms with van der Waals surface area (Å²) in [6, 6.07) is 9.53. The Hall–Kier alpha value is -2.60. The molecule has 0 unspecified atom stereocenters. The van der Waals surface area contributed by atoms with E-state index >= 15 is 0 Å². The highest BCUT2D eigenvalue weighted by Gasteiger charge is 2.17. The quantitative estimate of drug-likeness (QED) is 0.703. The van der Waals surface area contributed by atoms with Gasteiger partial charge in [-0.25, -0.2) is 4.98 Å². The Morgan fingerprint density at radius 3 is 2.68 bits per heavy atom. The number of H-pyrrole nitrogens is 1. The van der Waals surface area contributed by atoms with Crippen molar-refractivity contribution in [3.05, 3.63) is 52.7 Å². The molecule has 6 heteroatoms. The fraction of sp³-hybridized carbons (Fsp3) is 0.0769. The van der Waals surface area contributed by atoms with Crippen LogP contribution in [0.5, 0.6) is 0 Å². The summed E-state index contributed by atoms with van der Waals surface area (Å²) in [7, 11) is 0. The highest BCUT2D eigenvalue weighted by atomic mass is 16.1. The Morgan fingerprint density at radius 2 is 1.95 bits per heavy atom. The van der Waals surface area contributed by atoms with Crippen LogP contribution in [0.1, 0.15) is 5.82 Å². The minimum Gasteiger partial charge on any atom is -0.324 e. The van der Waals surface area contributed by atoms with Gasteiger partial charge in [-0.15, -0.1) is 0 Å². The number of aromatic amines is 1. The third-order valence-corrected chi connectivity index (χ3v) is 2.82. The summed E-state index contributed by atoms with van der Waals surface area (Å²) in [4.78, 5) is 20.2. The summed E-state index contributed by atoms with van der Waals surface area (Å²) < 4.78 is 0. The number of fused-ring (bicyclic) bond motifs is 1. The third kappa shape index (κ3) is 1.98. The van der Waals surface area contributed by atoms with E-state index in [9.17, 15) is 4.79 Å². The number of nitrogens with zero attached hydrogens (tertiary/aromatic N) is 3. The van der Waals surface area contributed by atoms with Crippen molar-refractivity contribution >= 4 is 0 Å². The van der Waals surface area contributed by atoms with Crippen molar-refractivity contribution in [3.8, 4) is 22.5 Å². The molecule has 2 aliphatic rings. The zero-order chi connectivity index (χ0) is 13.2. The van der Waals surface area contributed by atoms with Crippen molar-refractivity contribution in [2.45, 2.75) is 6.54 Å². The van der Waals surface area contributed by atoms with Gasteiger partial charge in [0.2, 0.25) is 0 Å². The van der Waals surface area contributed by atoms with E-state index in [1.807, 2.05) is 30.3 Å². The number of nitrogens with one attached hydrogen (secondary N) is 1. The van der Waals surface area contributed by atoms with Gasteiger partial charge in [0, 0.05) is 5.56 Å². The highest BCUT2D eigenvalue weighted by Crippen LogP contribution is 2.26. The summed E-state index contributed by atoms with van der Waals surface area (Å²) in [6.07, 6.45) is 1.60. The van der Waals surface area contributed by atoms with Crippen molar-refractivity contribution < 1.29 is 0 Å². The van der Waals surface area contributed by atoms with Crippen LogP contribution in [0.4, 0.5) is 0 Å². The van der Waals surface area contributed by atoms with Crippen LogP contribution in [0.15, 0.2) is 41.3 Å². The Balaban J connectivity index is 2.31. The molecule has 2 heterocycles. The van der Waals surface area contributed by atoms with E-state index in [-0.39, 0.29) is 12.1 Å². The average molecular weight is 253 g/mol. The zero-order valence-electron chi connectivity index (χ0n) is 10.00. The maximum absolute atomic E-state index is 12.1.